The van der Waals surface area contributed by atoms with Crippen LogP contribution < -0.4 is 5.63 Å². The molecule has 0 aliphatic carbocycles. The van der Waals surface area contributed by atoms with Gasteiger partial charge in [-0.15, -0.1) is 0 Å². The molecule has 0 saturated carbocycles. The second-order valence-corrected chi connectivity index (χ2v) is 2.29. The van der Waals surface area contributed by atoms with Crippen molar-refractivity contribution in [3.63, 3.8) is 0 Å². The van der Waals surface area contributed by atoms with Gasteiger partial charge in [0.15, 0.2) is 0 Å². The Morgan fingerprint density at radius 1 is 1.08 bits per heavy atom. The molecule has 0 aliphatic heterocycles. The molecule has 0 atom stereocenters. The first kappa shape index (κ1) is 10.5. The van der Waals surface area contributed by atoms with Gasteiger partial charge < -0.3 is 4.42 Å². The van der Waals surface area contributed by atoms with Crippen LogP contribution in [0.15, 0.2) is 45.6 Å². The molecule has 2 nitrogen and oxygen atoms in total. The van der Waals surface area contributed by atoms with Gasteiger partial charge in [-0.05, 0) is 12.1 Å². The third kappa shape index (κ3) is 2.71. The molecule has 0 saturated heterocycles. The molecular weight excluding hydrogens is 298 g/mol. The van der Waals surface area contributed by atoms with Gasteiger partial charge in [0.05, 0.1) is 0 Å². The molecule has 68 valence electrons. The van der Waals surface area contributed by atoms with Crippen molar-refractivity contribution in [1.29, 1.82) is 0 Å². The summed E-state index contributed by atoms with van der Waals surface area (Å²) in [5.41, 5.74) is 0.337. The monoisotopic (exact) mass is 308 g/mol. The molecule has 1 aromatic heterocycles. The van der Waals surface area contributed by atoms with E-state index in [0.29, 0.717) is 5.58 Å². The van der Waals surface area contributed by atoms with Gasteiger partial charge >= 0.3 is 32.9 Å². The van der Waals surface area contributed by atoms with Gasteiger partial charge in [0.2, 0.25) is 0 Å². The van der Waals surface area contributed by atoms with E-state index in [9.17, 15) is 4.79 Å². The van der Waals surface area contributed by atoms with Gasteiger partial charge in [-0.2, -0.15) is 0 Å². The molecule has 1 aromatic carbocycles. The second-order valence-electron chi connectivity index (χ2n) is 2.29. The Kier molecular flexibility index (Phi) is 4.26. The summed E-state index contributed by atoms with van der Waals surface area (Å²) in [5.74, 6) is 0. The molecule has 0 radical (unpaired) electrons. The van der Waals surface area contributed by atoms with Crippen molar-refractivity contribution in [2.45, 2.75) is 0 Å². The number of hydrogen-bond acceptors (Lipinski definition) is 2. The zero-order chi connectivity index (χ0) is 9.68. The molecule has 2 aromatic rings. The van der Waals surface area contributed by atoms with Gasteiger partial charge in [0.1, 0.15) is 5.58 Å². The van der Waals surface area contributed by atoms with Crippen molar-refractivity contribution in [3.05, 3.63) is 46.8 Å². The SMILES string of the molecule is O=c1ccc2ccccc2o1.[Se]=[SeH2]. The number of fused-ring (bicyclic) bond motifs is 1. The Balaban J connectivity index is 0.000000396. The summed E-state index contributed by atoms with van der Waals surface area (Å²) in [6, 6.07) is 10.6. The molecule has 0 fully saturated rings. The maximum atomic E-state index is 10.7. The quantitative estimate of drug-likeness (QED) is 0.524. The molecule has 4 heteroatoms. The Bertz CT molecular complexity index is 450. The minimum atomic E-state index is -0.302. The standard InChI is InChI=1S/C9H6O2.H2Se2/c10-9-6-5-7-3-1-2-4-8(7)11-9;1-2/h1-6H;1H2. The molecule has 0 amide bonds. The van der Waals surface area contributed by atoms with Crippen LogP contribution in [0.25, 0.3) is 11.0 Å². The van der Waals surface area contributed by atoms with E-state index in [1.54, 1.807) is 12.1 Å². The molecule has 0 bridgehead atoms. The number of para-hydroxylation sites is 1. The number of benzene rings is 1. The van der Waals surface area contributed by atoms with Gasteiger partial charge in [-0.1, -0.05) is 18.2 Å². The van der Waals surface area contributed by atoms with Crippen LogP contribution in [-0.2, 0) is 0 Å². The van der Waals surface area contributed by atoms with Crippen LogP contribution >= 0.6 is 0 Å². The van der Waals surface area contributed by atoms with Crippen LogP contribution in [0.4, 0.5) is 0 Å². The van der Waals surface area contributed by atoms with E-state index in [1.165, 1.54) is 6.07 Å². The summed E-state index contributed by atoms with van der Waals surface area (Å²) < 4.78 is 4.91. The van der Waals surface area contributed by atoms with E-state index in [-0.39, 0.29) is 5.63 Å². The number of hydrogen-bond donors (Lipinski definition) is 0. The fraction of sp³-hybridized carbons (Fsp3) is 0. The average Bonchev–Trinajstić information content (AvgIpc) is 2.21. The third-order valence-corrected chi connectivity index (χ3v) is 1.53. The van der Waals surface area contributed by atoms with Gasteiger partial charge in [-0.3, -0.25) is 0 Å². The number of rotatable bonds is 0. The van der Waals surface area contributed by atoms with E-state index >= 15 is 0 Å². The summed E-state index contributed by atoms with van der Waals surface area (Å²) >= 11 is 4.50. The maximum absolute atomic E-state index is 10.7. The molecule has 2 rings (SSSR count). The normalized spacial score (nSPS) is 9.00. The average molecular weight is 306 g/mol. The van der Waals surface area contributed by atoms with Crippen molar-refractivity contribution in [3.8, 4) is 0 Å². The first-order valence-electron chi connectivity index (χ1n) is 3.55. The molecule has 1 heterocycles. The summed E-state index contributed by atoms with van der Waals surface area (Å²) in [6.45, 7) is 0. The third-order valence-electron chi connectivity index (χ3n) is 1.53. The van der Waals surface area contributed by atoms with Crippen molar-refractivity contribution in [2.75, 3.05) is 0 Å². The van der Waals surface area contributed by atoms with Gasteiger partial charge in [0, 0.05) is 11.5 Å². The molecule has 0 unspecified atom stereocenters. The topological polar surface area (TPSA) is 30.2 Å². The van der Waals surface area contributed by atoms with E-state index in [2.05, 4.69) is 13.7 Å². The second kappa shape index (κ2) is 5.25. The van der Waals surface area contributed by atoms with Gasteiger partial charge in [-0.25, -0.2) is 4.79 Å². The zero-order valence-corrected chi connectivity index (χ0v) is 10.5. The van der Waals surface area contributed by atoms with E-state index in [4.69, 9.17) is 4.42 Å². The van der Waals surface area contributed by atoms with E-state index < -0.39 is 0 Å². The Morgan fingerprint density at radius 3 is 2.54 bits per heavy atom. The first-order valence-corrected chi connectivity index (χ1v) is 8.86. The zero-order valence-electron chi connectivity index (χ0n) is 6.69. The first-order chi connectivity index (χ1) is 6.36. The summed E-state index contributed by atoms with van der Waals surface area (Å²) in [7, 11) is 0. The minimum absolute atomic E-state index is 0.302. The fourth-order valence-corrected chi connectivity index (χ4v) is 1.01. The molecule has 0 spiro atoms. The predicted molar refractivity (Wildman–Crippen MR) is 56.8 cm³/mol. The molecule has 0 aliphatic rings. The van der Waals surface area contributed by atoms with Crippen LogP contribution in [0, 0.1) is 0 Å². The Morgan fingerprint density at radius 2 is 1.77 bits per heavy atom. The Labute approximate surface area is 89.4 Å². The van der Waals surface area contributed by atoms with Crippen molar-refractivity contribution in [2.24, 2.45) is 0 Å². The van der Waals surface area contributed by atoms with Gasteiger partial charge in [0.25, 0.3) is 0 Å². The summed E-state index contributed by atoms with van der Waals surface area (Å²) in [5, 5.41) is 0.951. The fourth-order valence-electron chi connectivity index (χ4n) is 1.01. The predicted octanol–water partition coefficient (Wildman–Crippen LogP) is 0.496. The molecule has 0 N–H and O–H groups in total. The van der Waals surface area contributed by atoms with Crippen LogP contribution in [-0.4, -0.2) is 27.3 Å². The van der Waals surface area contributed by atoms with Crippen molar-refractivity contribution < 1.29 is 4.42 Å². The van der Waals surface area contributed by atoms with Crippen LogP contribution in [0.3, 0.4) is 0 Å². The van der Waals surface area contributed by atoms with Crippen molar-refractivity contribution in [1.82, 2.24) is 0 Å². The van der Waals surface area contributed by atoms with E-state index in [1.807, 2.05) is 31.9 Å². The molecule has 13 heavy (non-hydrogen) atoms. The van der Waals surface area contributed by atoms with Crippen molar-refractivity contribution >= 4 is 38.3 Å². The van der Waals surface area contributed by atoms with Crippen LogP contribution in [0.1, 0.15) is 0 Å². The Hall–Kier alpha value is -0.531. The van der Waals surface area contributed by atoms with Crippen LogP contribution in [0.5, 0.6) is 0 Å². The van der Waals surface area contributed by atoms with E-state index in [0.717, 1.165) is 5.39 Å². The molecular formula is C9H8O2Se2. The summed E-state index contributed by atoms with van der Waals surface area (Å²) in [4.78, 5) is 10.7. The van der Waals surface area contributed by atoms with Crippen LogP contribution in [0.2, 0.25) is 0 Å². The summed E-state index contributed by atoms with van der Waals surface area (Å²) in [6.07, 6.45) is 0.